The van der Waals surface area contributed by atoms with Gasteiger partial charge in [0.2, 0.25) is 0 Å². The summed E-state index contributed by atoms with van der Waals surface area (Å²) in [6.07, 6.45) is 0. The Kier molecular flexibility index (Phi) is 4.62. The molecule has 0 saturated carbocycles. The van der Waals surface area contributed by atoms with E-state index in [1.54, 1.807) is 5.38 Å². The Morgan fingerprint density at radius 1 is 1.60 bits per heavy atom. The molecular formula is C10H14ClNOS2. The van der Waals surface area contributed by atoms with Gasteiger partial charge in [-0.15, -0.1) is 34.7 Å². The van der Waals surface area contributed by atoms with E-state index in [1.807, 2.05) is 11.8 Å². The lowest BCUT2D eigenvalue weighted by Crippen LogP contribution is -2.07. The standard InChI is InChI=1S/C10H14ClNOS2/c1-10(2,3)15-6-9-12-7(5-14-9)8(13)4-11/h5H,4,6H2,1-3H3. The normalized spacial score (nSPS) is 11.7. The van der Waals surface area contributed by atoms with Crippen molar-refractivity contribution >= 4 is 40.5 Å². The average molecular weight is 264 g/mol. The number of hydrogen-bond donors (Lipinski definition) is 0. The number of rotatable bonds is 4. The lowest BCUT2D eigenvalue weighted by molar-refractivity contribution is 0.101. The molecule has 0 amide bonds. The number of ketones is 1. The van der Waals surface area contributed by atoms with E-state index in [-0.39, 0.29) is 16.4 Å². The van der Waals surface area contributed by atoms with Gasteiger partial charge in [-0.05, 0) is 0 Å². The van der Waals surface area contributed by atoms with Crippen molar-refractivity contribution in [2.24, 2.45) is 0 Å². The van der Waals surface area contributed by atoms with Gasteiger partial charge >= 0.3 is 0 Å². The number of Topliss-reactive ketones (excluding diaryl/α,β-unsaturated/α-hetero) is 1. The van der Waals surface area contributed by atoms with Gasteiger partial charge in [-0.2, -0.15) is 0 Å². The number of carbonyl (C=O) groups excluding carboxylic acids is 1. The van der Waals surface area contributed by atoms with Crippen LogP contribution in [-0.2, 0) is 5.75 Å². The predicted octanol–water partition coefficient (Wildman–Crippen LogP) is 3.60. The van der Waals surface area contributed by atoms with Gasteiger partial charge in [-0.3, -0.25) is 4.79 Å². The maximum absolute atomic E-state index is 11.2. The first kappa shape index (κ1) is 13.0. The first-order valence-electron chi connectivity index (χ1n) is 4.60. The zero-order chi connectivity index (χ0) is 11.5. The molecule has 1 aromatic heterocycles. The smallest absolute Gasteiger partial charge is 0.196 e. The Hall–Kier alpha value is -0.0600. The van der Waals surface area contributed by atoms with Crippen molar-refractivity contribution < 1.29 is 4.79 Å². The minimum Gasteiger partial charge on any atom is -0.291 e. The molecule has 0 fully saturated rings. The molecule has 0 aliphatic heterocycles. The number of halogens is 1. The van der Waals surface area contributed by atoms with Crippen molar-refractivity contribution in [1.29, 1.82) is 0 Å². The highest BCUT2D eigenvalue weighted by Gasteiger charge is 2.14. The maximum Gasteiger partial charge on any atom is 0.196 e. The van der Waals surface area contributed by atoms with Crippen molar-refractivity contribution in [2.75, 3.05) is 5.88 Å². The zero-order valence-electron chi connectivity index (χ0n) is 9.04. The second-order valence-corrected chi connectivity index (χ2v) is 7.10. The number of thioether (sulfide) groups is 1. The number of alkyl halides is 1. The maximum atomic E-state index is 11.2. The fraction of sp³-hybridized carbons (Fsp3) is 0.600. The van der Waals surface area contributed by atoms with Gasteiger partial charge < -0.3 is 0 Å². The van der Waals surface area contributed by atoms with Crippen molar-refractivity contribution in [2.45, 2.75) is 31.3 Å². The van der Waals surface area contributed by atoms with Crippen LogP contribution in [0.1, 0.15) is 36.3 Å². The van der Waals surface area contributed by atoms with Crippen LogP contribution in [0.3, 0.4) is 0 Å². The molecule has 0 radical (unpaired) electrons. The molecule has 1 rings (SSSR count). The van der Waals surface area contributed by atoms with E-state index in [0.29, 0.717) is 5.69 Å². The summed E-state index contributed by atoms with van der Waals surface area (Å²) in [5.74, 6) is 0.763. The molecule has 0 N–H and O–H groups in total. The van der Waals surface area contributed by atoms with Gasteiger partial charge in [0.25, 0.3) is 0 Å². The third kappa shape index (κ3) is 4.53. The molecule has 0 unspecified atom stereocenters. The van der Waals surface area contributed by atoms with Gasteiger partial charge in [0, 0.05) is 15.9 Å². The Morgan fingerprint density at radius 2 is 2.27 bits per heavy atom. The van der Waals surface area contributed by atoms with E-state index in [9.17, 15) is 4.79 Å². The first-order valence-corrected chi connectivity index (χ1v) is 7.00. The third-order valence-corrected chi connectivity index (χ3v) is 4.15. The van der Waals surface area contributed by atoms with Crippen LogP contribution < -0.4 is 0 Å². The molecule has 5 heteroatoms. The van der Waals surface area contributed by atoms with E-state index in [4.69, 9.17) is 11.6 Å². The molecule has 1 aromatic rings. The van der Waals surface area contributed by atoms with Crippen molar-refractivity contribution in [3.63, 3.8) is 0 Å². The minimum atomic E-state index is -0.0973. The second kappa shape index (κ2) is 5.32. The van der Waals surface area contributed by atoms with Crippen LogP contribution in [0, 0.1) is 0 Å². The van der Waals surface area contributed by atoms with Crippen LogP contribution in [0.4, 0.5) is 0 Å². The van der Waals surface area contributed by atoms with Gasteiger partial charge in [0.15, 0.2) is 5.78 Å². The van der Waals surface area contributed by atoms with Crippen molar-refractivity contribution in [3.8, 4) is 0 Å². The first-order chi connectivity index (χ1) is 6.92. The Morgan fingerprint density at radius 3 is 2.80 bits per heavy atom. The van der Waals surface area contributed by atoms with E-state index in [0.717, 1.165) is 10.8 Å². The Balaban J connectivity index is 2.57. The SMILES string of the molecule is CC(C)(C)SCc1nc(C(=O)CCl)cs1. The van der Waals surface area contributed by atoms with E-state index in [2.05, 4.69) is 25.8 Å². The van der Waals surface area contributed by atoms with Crippen LogP contribution in [0.2, 0.25) is 0 Å². The summed E-state index contributed by atoms with van der Waals surface area (Å²) >= 11 is 8.80. The molecule has 2 nitrogen and oxygen atoms in total. The predicted molar refractivity (Wildman–Crippen MR) is 68.2 cm³/mol. The lowest BCUT2D eigenvalue weighted by Gasteiger charge is -2.15. The molecule has 84 valence electrons. The van der Waals surface area contributed by atoms with Crippen LogP contribution >= 0.6 is 34.7 Å². The summed E-state index contributed by atoms with van der Waals surface area (Å²) in [7, 11) is 0. The Bertz CT molecular complexity index is 343. The summed E-state index contributed by atoms with van der Waals surface area (Å²) in [5, 5.41) is 2.77. The highest BCUT2D eigenvalue weighted by Crippen LogP contribution is 2.28. The summed E-state index contributed by atoms with van der Waals surface area (Å²) < 4.78 is 0.225. The molecule has 0 bridgehead atoms. The summed E-state index contributed by atoms with van der Waals surface area (Å²) in [5.41, 5.74) is 0.500. The van der Waals surface area contributed by atoms with E-state index in [1.165, 1.54) is 11.3 Å². The van der Waals surface area contributed by atoms with Crippen molar-refractivity contribution in [1.82, 2.24) is 4.98 Å². The quantitative estimate of drug-likeness (QED) is 0.614. The second-order valence-electron chi connectivity index (χ2n) is 4.08. The van der Waals surface area contributed by atoms with Gasteiger partial charge in [-0.25, -0.2) is 4.98 Å². The minimum absolute atomic E-state index is 0.00951. The third-order valence-electron chi connectivity index (χ3n) is 1.59. The van der Waals surface area contributed by atoms with Crippen LogP contribution in [0.25, 0.3) is 0 Å². The van der Waals surface area contributed by atoms with Crippen LogP contribution in [-0.4, -0.2) is 21.4 Å². The molecule has 0 atom stereocenters. The molecule has 0 aliphatic carbocycles. The van der Waals surface area contributed by atoms with Crippen LogP contribution in [0.15, 0.2) is 5.38 Å². The fourth-order valence-corrected chi connectivity index (χ4v) is 2.64. The molecule has 0 saturated heterocycles. The number of hydrogen-bond acceptors (Lipinski definition) is 4. The van der Waals surface area contributed by atoms with Crippen molar-refractivity contribution in [3.05, 3.63) is 16.1 Å². The summed E-state index contributed by atoms with van der Waals surface area (Å²) in [6, 6.07) is 0. The van der Waals surface area contributed by atoms with Gasteiger partial charge in [0.1, 0.15) is 10.7 Å². The number of carbonyl (C=O) groups is 1. The zero-order valence-corrected chi connectivity index (χ0v) is 11.4. The van der Waals surface area contributed by atoms with Gasteiger partial charge in [0.05, 0.1) is 5.88 Å². The van der Waals surface area contributed by atoms with E-state index < -0.39 is 0 Å². The topological polar surface area (TPSA) is 30.0 Å². The fourth-order valence-electron chi connectivity index (χ4n) is 0.852. The number of aromatic nitrogens is 1. The highest BCUT2D eigenvalue weighted by molar-refractivity contribution is 7.99. The number of thiazole rings is 1. The average Bonchev–Trinajstić information content (AvgIpc) is 2.61. The van der Waals surface area contributed by atoms with Crippen LogP contribution in [0.5, 0.6) is 0 Å². The molecule has 1 heterocycles. The largest absolute Gasteiger partial charge is 0.291 e. The van der Waals surface area contributed by atoms with E-state index >= 15 is 0 Å². The molecule has 0 aliphatic rings. The monoisotopic (exact) mass is 263 g/mol. The summed E-state index contributed by atoms with van der Waals surface area (Å²) in [4.78, 5) is 15.5. The molecular weight excluding hydrogens is 250 g/mol. The highest BCUT2D eigenvalue weighted by atomic mass is 35.5. The molecule has 15 heavy (non-hydrogen) atoms. The molecule has 0 aromatic carbocycles. The number of nitrogens with zero attached hydrogens (tertiary/aromatic N) is 1. The molecule has 0 spiro atoms. The summed E-state index contributed by atoms with van der Waals surface area (Å²) in [6.45, 7) is 6.49. The van der Waals surface area contributed by atoms with Gasteiger partial charge in [-0.1, -0.05) is 20.8 Å². The lowest BCUT2D eigenvalue weighted by atomic mass is 10.3. The Labute approximate surface area is 103 Å².